The van der Waals surface area contributed by atoms with Gasteiger partial charge in [-0.15, -0.1) is 0 Å². The van der Waals surface area contributed by atoms with Crippen LogP contribution in [0.4, 0.5) is 0 Å². The van der Waals surface area contributed by atoms with Crippen molar-refractivity contribution >= 4 is 22.6 Å². The zero-order valence-electron chi connectivity index (χ0n) is 4.85. The van der Waals surface area contributed by atoms with Gasteiger partial charge in [0.15, 0.2) is 0 Å². The van der Waals surface area contributed by atoms with Crippen LogP contribution in [-0.4, -0.2) is 3.55 Å². The molecule has 0 radical (unpaired) electrons. The van der Waals surface area contributed by atoms with E-state index in [0.717, 1.165) is 5.70 Å². The Morgan fingerprint density at radius 1 is 1.75 bits per heavy atom. The summed E-state index contributed by atoms with van der Waals surface area (Å²) in [6.07, 6.45) is 2.04. The number of rotatable bonds is 0. The van der Waals surface area contributed by atoms with Crippen molar-refractivity contribution in [3.8, 4) is 0 Å². The second kappa shape index (κ2) is 1.79. The van der Waals surface area contributed by atoms with Gasteiger partial charge in [-0.1, -0.05) is 0 Å². The lowest BCUT2D eigenvalue weighted by atomic mass is 10.3. The number of nitrogens with zero attached hydrogens (tertiary/aromatic N) is 2. The summed E-state index contributed by atoms with van der Waals surface area (Å²) in [7, 11) is 0. The fourth-order valence-corrected chi connectivity index (χ4v) is 1.17. The molecule has 1 aliphatic rings. The molecule has 0 aliphatic carbocycles. The first-order valence-corrected chi connectivity index (χ1v) is 3.49. The molecule has 1 rings (SSSR count). The summed E-state index contributed by atoms with van der Waals surface area (Å²) in [6, 6.07) is 0. The monoisotopic (exact) mass is 222 g/mol. The Kier molecular flexibility index (Phi) is 1.38. The standard InChI is InChI=1S/C5H7IN2/c1-4-3-5(2,6)8-7-4/h3H,1-2H3. The molecule has 0 fully saturated rings. The van der Waals surface area contributed by atoms with E-state index in [1.165, 1.54) is 0 Å². The van der Waals surface area contributed by atoms with Gasteiger partial charge in [-0.05, 0) is 42.5 Å². The third-order valence-corrected chi connectivity index (χ3v) is 1.40. The predicted octanol–water partition coefficient (Wildman–Crippen LogP) is 2.51. The van der Waals surface area contributed by atoms with Crippen molar-refractivity contribution in [2.24, 2.45) is 10.2 Å². The molecule has 0 N–H and O–H groups in total. The van der Waals surface area contributed by atoms with Crippen molar-refractivity contribution in [2.45, 2.75) is 17.4 Å². The van der Waals surface area contributed by atoms with E-state index in [0.29, 0.717) is 0 Å². The molecule has 1 heterocycles. The van der Waals surface area contributed by atoms with E-state index in [4.69, 9.17) is 0 Å². The number of alkyl halides is 1. The molecular formula is C5H7IN2. The maximum atomic E-state index is 3.97. The highest BCUT2D eigenvalue weighted by Crippen LogP contribution is 2.29. The highest BCUT2D eigenvalue weighted by atomic mass is 127. The van der Waals surface area contributed by atoms with Crippen molar-refractivity contribution < 1.29 is 0 Å². The molecular weight excluding hydrogens is 215 g/mol. The average molecular weight is 222 g/mol. The van der Waals surface area contributed by atoms with Gasteiger partial charge in [-0.2, -0.15) is 10.2 Å². The van der Waals surface area contributed by atoms with Crippen LogP contribution >= 0.6 is 22.6 Å². The molecule has 44 valence electrons. The fourth-order valence-electron chi connectivity index (χ4n) is 0.616. The predicted molar refractivity (Wildman–Crippen MR) is 41.0 cm³/mol. The summed E-state index contributed by atoms with van der Waals surface area (Å²) in [5.41, 5.74) is 1.02. The van der Waals surface area contributed by atoms with E-state index in [9.17, 15) is 0 Å². The van der Waals surface area contributed by atoms with Gasteiger partial charge >= 0.3 is 0 Å². The van der Waals surface area contributed by atoms with E-state index < -0.39 is 0 Å². The van der Waals surface area contributed by atoms with E-state index >= 15 is 0 Å². The van der Waals surface area contributed by atoms with Crippen molar-refractivity contribution in [3.63, 3.8) is 0 Å². The Morgan fingerprint density at radius 2 is 2.38 bits per heavy atom. The molecule has 1 unspecified atom stereocenters. The molecule has 2 nitrogen and oxygen atoms in total. The molecule has 0 saturated heterocycles. The van der Waals surface area contributed by atoms with E-state index in [-0.39, 0.29) is 3.55 Å². The minimum atomic E-state index is -0.0676. The molecule has 0 bridgehead atoms. The third-order valence-electron chi connectivity index (χ3n) is 0.876. The van der Waals surface area contributed by atoms with Crippen molar-refractivity contribution in [2.75, 3.05) is 0 Å². The molecule has 3 heteroatoms. The number of allylic oxidation sites excluding steroid dienone is 1. The fraction of sp³-hybridized carbons (Fsp3) is 0.600. The van der Waals surface area contributed by atoms with Crippen molar-refractivity contribution in [3.05, 3.63) is 11.8 Å². The number of hydrogen-bond donors (Lipinski definition) is 0. The van der Waals surface area contributed by atoms with Crippen LogP contribution in [0.25, 0.3) is 0 Å². The molecule has 0 aromatic heterocycles. The summed E-state index contributed by atoms with van der Waals surface area (Å²) in [5, 5.41) is 7.84. The van der Waals surface area contributed by atoms with Gasteiger partial charge < -0.3 is 0 Å². The van der Waals surface area contributed by atoms with E-state index in [1.807, 2.05) is 19.9 Å². The Morgan fingerprint density at radius 3 is 2.50 bits per heavy atom. The number of halogens is 1. The smallest absolute Gasteiger partial charge is 0.150 e. The highest BCUT2D eigenvalue weighted by Gasteiger charge is 2.19. The second-order valence-corrected chi connectivity index (χ2v) is 4.19. The lowest BCUT2D eigenvalue weighted by molar-refractivity contribution is 0.861. The SMILES string of the molecule is CC1=CC(C)(I)N=N1. The van der Waals surface area contributed by atoms with Gasteiger partial charge in [-0.3, -0.25) is 0 Å². The lowest BCUT2D eigenvalue weighted by Gasteiger charge is -2.01. The van der Waals surface area contributed by atoms with E-state index in [1.54, 1.807) is 0 Å². The molecule has 0 amide bonds. The molecule has 0 spiro atoms. The number of azo groups is 1. The van der Waals surface area contributed by atoms with Crippen molar-refractivity contribution in [1.82, 2.24) is 0 Å². The maximum Gasteiger partial charge on any atom is 0.150 e. The van der Waals surface area contributed by atoms with Gasteiger partial charge in [0.2, 0.25) is 0 Å². The summed E-state index contributed by atoms with van der Waals surface area (Å²) < 4.78 is -0.0676. The Balaban J connectivity index is 2.84. The summed E-state index contributed by atoms with van der Waals surface area (Å²) in [4.78, 5) is 0. The summed E-state index contributed by atoms with van der Waals surface area (Å²) in [5.74, 6) is 0. The second-order valence-electron chi connectivity index (χ2n) is 2.01. The van der Waals surface area contributed by atoms with Crippen LogP contribution in [0.1, 0.15) is 13.8 Å². The minimum absolute atomic E-state index is 0.0676. The Labute approximate surface area is 62.2 Å². The summed E-state index contributed by atoms with van der Waals surface area (Å²) >= 11 is 2.24. The van der Waals surface area contributed by atoms with Gasteiger partial charge in [0.1, 0.15) is 3.55 Å². The molecule has 8 heavy (non-hydrogen) atoms. The van der Waals surface area contributed by atoms with Crippen LogP contribution < -0.4 is 0 Å². The minimum Gasteiger partial charge on any atom is -0.167 e. The van der Waals surface area contributed by atoms with Crippen LogP contribution in [0.5, 0.6) is 0 Å². The normalized spacial score (nSPS) is 35.6. The first-order chi connectivity index (χ1) is 3.60. The van der Waals surface area contributed by atoms with Crippen LogP contribution in [0.3, 0.4) is 0 Å². The highest BCUT2D eigenvalue weighted by molar-refractivity contribution is 14.1. The Hall–Kier alpha value is 0.0700. The van der Waals surface area contributed by atoms with Gasteiger partial charge in [0.05, 0.1) is 5.70 Å². The Bertz CT molecular complexity index is 158. The largest absolute Gasteiger partial charge is 0.167 e. The average Bonchev–Trinajstić information content (AvgIpc) is 1.82. The topological polar surface area (TPSA) is 24.7 Å². The van der Waals surface area contributed by atoms with Crippen LogP contribution in [-0.2, 0) is 0 Å². The van der Waals surface area contributed by atoms with Gasteiger partial charge in [0.25, 0.3) is 0 Å². The van der Waals surface area contributed by atoms with Crippen molar-refractivity contribution in [1.29, 1.82) is 0 Å². The first-order valence-electron chi connectivity index (χ1n) is 2.41. The molecule has 1 aliphatic heterocycles. The number of hydrogen-bond acceptors (Lipinski definition) is 2. The third kappa shape index (κ3) is 1.27. The lowest BCUT2D eigenvalue weighted by Crippen LogP contribution is -2.01. The van der Waals surface area contributed by atoms with Crippen LogP contribution in [0.2, 0.25) is 0 Å². The molecule has 0 aromatic rings. The first kappa shape index (κ1) is 6.19. The molecule has 0 aromatic carbocycles. The zero-order valence-corrected chi connectivity index (χ0v) is 7.01. The summed E-state index contributed by atoms with van der Waals surface area (Å²) in [6.45, 7) is 3.97. The molecule has 0 saturated carbocycles. The quantitative estimate of drug-likeness (QED) is 0.341. The maximum absolute atomic E-state index is 3.97. The van der Waals surface area contributed by atoms with Gasteiger partial charge in [-0.25, -0.2) is 0 Å². The zero-order chi connectivity index (χ0) is 6.20. The van der Waals surface area contributed by atoms with Gasteiger partial charge in [0, 0.05) is 0 Å². The van der Waals surface area contributed by atoms with E-state index in [2.05, 4.69) is 32.8 Å². The van der Waals surface area contributed by atoms with Crippen LogP contribution in [0.15, 0.2) is 22.0 Å². The van der Waals surface area contributed by atoms with Crippen LogP contribution in [0, 0.1) is 0 Å². The molecule has 1 atom stereocenters.